The molecule has 106 valence electrons. The fourth-order valence-electron chi connectivity index (χ4n) is 2.36. The van der Waals surface area contributed by atoms with Gasteiger partial charge in [-0.25, -0.2) is 14.8 Å². The van der Waals surface area contributed by atoms with Gasteiger partial charge in [0.2, 0.25) is 0 Å². The molecule has 20 heavy (non-hydrogen) atoms. The first-order valence-electron chi connectivity index (χ1n) is 6.61. The molecule has 2 aromatic rings. The summed E-state index contributed by atoms with van der Waals surface area (Å²) < 4.78 is 0. The van der Waals surface area contributed by atoms with Gasteiger partial charge >= 0.3 is 5.97 Å². The van der Waals surface area contributed by atoms with E-state index in [1.807, 2.05) is 0 Å². The minimum absolute atomic E-state index is 0.327. The fourth-order valence-corrected chi connectivity index (χ4v) is 3.84. The van der Waals surface area contributed by atoms with E-state index >= 15 is 0 Å². The number of fused-ring (bicyclic) bond motifs is 1. The highest BCUT2D eigenvalue weighted by molar-refractivity contribution is 7.99. The first-order chi connectivity index (χ1) is 9.69. The topological polar surface area (TPSA) is 66.3 Å². The summed E-state index contributed by atoms with van der Waals surface area (Å²) in [6.45, 7) is 4.03. The van der Waals surface area contributed by atoms with Crippen molar-refractivity contribution in [3.05, 3.63) is 10.9 Å². The van der Waals surface area contributed by atoms with E-state index in [9.17, 15) is 4.79 Å². The van der Waals surface area contributed by atoms with Crippen LogP contribution in [-0.4, -0.2) is 39.9 Å². The van der Waals surface area contributed by atoms with Gasteiger partial charge in [-0.3, -0.25) is 0 Å². The number of rotatable bonds is 4. The first-order valence-corrected chi connectivity index (χ1v) is 8.42. The van der Waals surface area contributed by atoms with E-state index < -0.39 is 5.97 Å². The Labute approximate surface area is 125 Å². The molecule has 5 nitrogen and oxygen atoms in total. The molecule has 0 radical (unpaired) electrons. The molecule has 0 bridgehead atoms. The van der Waals surface area contributed by atoms with Gasteiger partial charge in [0, 0.05) is 13.1 Å². The van der Waals surface area contributed by atoms with Crippen molar-refractivity contribution in [3.63, 3.8) is 0 Å². The van der Waals surface area contributed by atoms with Crippen molar-refractivity contribution in [1.29, 1.82) is 0 Å². The third-order valence-electron chi connectivity index (χ3n) is 3.24. The second kappa shape index (κ2) is 5.57. The zero-order valence-corrected chi connectivity index (χ0v) is 12.8. The van der Waals surface area contributed by atoms with Crippen molar-refractivity contribution in [2.24, 2.45) is 0 Å². The Morgan fingerprint density at radius 2 is 2.20 bits per heavy atom. The molecule has 1 fully saturated rings. The van der Waals surface area contributed by atoms with Crippen LogP contribution in [0.1, 0.15) is 29.4 Å². The van der Waals surface area contributed by atoms with Gasteiger partial charge < -0.3 is 10.0 Å². The van der Waals surface area contributed by atoms with E-state index in [0.717, 1.165) is 52.9 Å². The lowest BCUT2D eigenvalue weighted by Gasteiger charge is -2.17. The molecule has 2 aromatic heterocycles. The molecule has 0 aromatic carbocycles. The molecule has 1 saturated heterocycles. The largest absolute Gasteiger partial charge is 0.477 e. The van der Waals surface area contributed by atoms with E-state index in [1.165, 1.54) is 11.3 Å². The van der Waals surface area contributed by atoms with Gasteiger partial charge in [0.05, 0.1) is 5.39 Å². The van der Waals surface area contributed by atoms with Gasteiger partial charge in [-0.15, -0.1) is 11.3 Å². The highest BCUT2D eigenvalue weighted by Crippen LogP contribution is 2.34. The predicted octanol–water partition coefficient (Wildman–Crippen LogP) is 3.10. The van der Waals surface area contributed by atoms with Gasteiger partial charge in [0.15, 0.2) is 5.16 Å². The minimum atomic E-state index is -0.898. The van der Waals surface area contributed by atoms with Crippen LogP contribution in [0.3, 0.4) is 0 Å². The van der Waals surface area contributed by atoms with Crippen LogP contribution >= 0.6 is 23.1 Å². The second-order valence-corrected chi connectivity index (χ2v) is 6.85. The van der Waals surface area contributed by atoms with E-state index in [2.05, 4.69) is 21.8 Å². The average molecular weight is 309 g/mol. The average Bonchev–Trinajstić information content (AvgIpc) is 3.07. The number of aromatic carboxylic acids is 1. The predicted molar refractivity (Wildman–Crippen MR) is 82.2 cm³/mol. The summed E-state index contributed by atoms with van der Waals surface area (Å²) in [6.07, 6.45) is 2.33. The molecule has 0 unspecified atom stereocenters. The Kier molecular flexibility index (Phi) is 3.80. The lowest BCUT2D eigenvalue weighted by Crippen LogP contribution is -2.19. The smallest absolute Gasteiger partial charge is 0.345 e. The summed E-state index contributed by atoms with van der Waals surface area (Å²) >= 11 is 2.82. The number of carboxylic acids is 1. The number of nitrogens with zero attached hydrogens (tertiary/aromatic N) is 3. The van der Waals surface area contributed by atoms with Crippen molar-refractivity contribution >= 4 is 45.1 Å². The van der Waals surface area contributed by atoms with E-state index in [1.54, 1.807) is 17.8 Å². The lowest BCUT2D eigenvalue weighted by atomic mass is 10.3. The van der Waals surface area contributed by atoms with Gasteiger partial charge in [-0.1, -0.05) is 18.7 Å². The van der Waals surface area contributed by atoms with E-state index in [0.29, 0.717) is 4.88 Å². The zero-order valence-electron chi connectivity index (χ0n) is 11.1. The molecule has 3 heterocycles. The monoisotopic (exact) mass is 309 g/mol. The third kappa shape index (κ3) is 2.47. The molecule has 1 N–H and O–H groups in total. The van der Waals surface area contributed by atoms with Crippen LogP contribution in [0.25, 0.3) is 10.2 Å². The summed E-state index contributed by atoms with van der Waals surface area (Å²) in [5.41, 5.74) is 0. The van der Waals surface area contributed by atoms with Crippen molar-refractivity contribution < 1.29 is 9.90 Å². The maximum Gasteiger partial charge on any atom is 0.345 e. The van der Waals surface area contributed by atoms with Crippen LogP contribution in [0, 0.1) is 0 Å². The third-order valence-corrected chi connectivity index (χ3v) is 4.99. The molecule has 0 amide bonds. The lowest BCUT2D eigenvalue weighted by molar-refractivity contribution is 0.0702. The van der Waals surface area contributed by atoms with Gasteiger partial charge in [-0.2, -0.15) is 0 Å². The van der Waals surface area contributed by atoms with Crippen LogP contribution in [0.15, 0.2) is 11.2 Å². The Morgan fingerprint density at radius 3 is 2.85 bits per heavy atom. The van der Waals surface area contributed by atoms with Crippen LogP contribution < -0.4 is 4.90 Å². The Morgan fingerprint density at radius 1 is 1.45 bits per heavy atom. The molecule has 1 aliphatic rings. The summed E-state index contributed by atoms with van der Waals surface area (Å²) in [5.74, 6) is 0.902. The van der Waals surface area contributed by atoms with Crippen molar-refractivity contribution in [3.8, 4) is 0 Å². The SMILES string of the molecule is CCSc1nc(N2CCCC2)c2cc(C(=O)O)sc2n1. The van der Waals surface area contributed by atoms with Crippen LogP contribution in [-0.2, 0) is 0 Å². The van der Waals surface area contributed by atoms with Crippen molar-refractivity contribution in [2.75, 3.05) is 23.7 Å². The standard InChI is InChI=1S/C13H15N3O2S2/c1-2-19-13-14-10(16-5-3-4-6-16)8-7-9(12(17)18)20-11(8)15-13/h7H,2-6H2,1H3,(H,17,18). The highest BCUT2D eigenvalue weighted by atomic mass is 32.2. The summed E-state index contributed by atoms with van der Waals surface area (Å²) in [6, 6.07) is 1.70. The van der Waals surface area contributed by atoms with Gasteiger partial charge in [-0.05, 0) is 24.7 Å². The first kappa shape index (κ1) is 13.6. The molecular formula is C13H15N3O2S2. The molecular weight excluding hydrogens is 294 g/mol. The normalized spacial score (nSPS) is 15.2. The number of hydrogen-bond acceptors (Lipinski definition) is 6. The molecule has 0 spiro atoms. The maximum atomic E-state index is 11.2. The Hall–Kier alpha value is -1.34. The minimum Gasteiger partial charge on any atom is -0.477 e. The molecule has 0 aliphatic carbocycles. The Bertz CT molecular complexity index is 650. The number of hydrogen-bond donors (Lipinski definition) is 1. The van der Waals surface area contributed by atoms with E-state index in [-0.39, 0.29) is 0 Å². The van der Waals surface area contributed by atoms with Crippen LogP contribution in [0.5, 0.6) is 0 Å². The summed E-state index contributed by atoms with van der Waals surface area (Å²) in [7, 11) is 0. The highest BCUT2D eigenvalue weighted by Gasteiger charge is 2.21. The van der Waals surface area contributed by atoms with Gasteiger partial charge in [0.1, 0.15) is 15.5 Å². The molecule has 1 aliphatic heterocycles. The zero-order chi connectivity index (χ0) is 14.1. The molecule has 0 atom stereocenters. The van der Waals surface area contributed by atoms with Crippen molar-refractivity contribution in [2.45, 2.75) is 24.9 Å². The second-order valence-electron chi connectivity index (χ2n) is 4.59. The fraction of sp³-hybridized carbons (Fsp3) is 0.462. The van der Waals surface area contributed by atoms with Crippen molar-refractivity contribution in [1.82, 2.24) is 9.97 Å². The number of aromatic nitrogens is 2. The molecule has 0 saturated carbocycles. The number of thioether (sulfide) groups is 1. The summed E-state index contributed by atoms with van der Waals surface area (Å²) in [4.78, 5) is 23.6. The Balaban J connectivity index is 2.14. The van der Waals surface area contributed by atoms with Crippen LogP contribution in [0.2, 0.25) is 0 Å². The number of anilines is 1. The number of carbonyl (C=O) groups is 1. The quantitative estimate of drug-likeness (QED) is 0.691. The van der Waals surface area contributed by atoms with Gasteiger partial charge in [0.25, 0.3) is 0 Å². The number of carboxylic acid groups (broad SMARTS) is 1. The van der Waals surface area contributed by atoms with Crippen LogP contribution in [0.4, 0.5) is 5.82 Å². The molecule has 3 rings (SSSR count). The summed E-state index contributed by atoms with van der Waals surface area (Å²) in [5, 5.41) is 10.8. The maximum absolute atomic E-state index is 11.2. The van der Waals surface area contributed by atoms with E-state index in [4.69, 9.17) is 5.11 Å². The number of thiophene rings is 1. The molecule has 7 heteroatoms.